The van der Waals surface area contributed by atoms with Gasteiger partial charge in [-0.3, -0.25) is 14.6 Å². The second-order valence-corrected chi connectivity index (χ2v) is 17.9. The van der Waals surface area contributed by atoms with Crippen LogP contribution in [0.4, 0.5) is 17.1 Å². The van der Waals surface area contributed by atoms with Gasteiger partial charge >= 0.3 is 5.97 Å². The molecular weight excluding hydrogens is 835 g/mol. The van der Waals surface area contributed by atoms with Crippen molar-refractivity contribution in [2.75, 3.05) is 57.4 Å². The molecule has 5 rings (SSSR count). The van der Waals surface area contributed by atoms with Crippen LogP contribution in [0.15, 0.2) is 71.7 Å². The number of fused-ring (bicyclic) bond motifs is 1. The summed E-state index contributed by atoms with van der Waals surface area (Å²) < 4.78 is 36.2. The summed E-state index contributed by atoms with van der Waals surface area (Å²) in [6, 6.07) is 21.2. The van der Waals surface area contributed by atoms with E-state index < -0.39 is 0 Å². The number of Topliss-reactive ketones (excluding diaryl/α,β-unsaturated/α-hetero) is 1. The first-order valence-electron chi connectivity index (χ1n) is 23.1. The van der Waals surface area contributed by atoms with Gasteiger partial charge in [-0.05, 0) is 123 Å². The summed E-state index contributed by atoms with van der Waals surface area (Å²) in [4.78, 5) is 33.5. The molecule has 12 heteroatoms. The zero-order valence-corrected chi connectivity index (χ0v) is 40.9. The molecule has 0 amide bonds. The van der Waals surface area contributed by atoms with Crippen molar-refractivity contribution in [1.82, 2.24) is 0 Å². The maximum atomic E-state index is 12.5. The molecule has 1 aliphatic heterocycles. The number of nitrogens with zero attached hydrogens (tertiary/aromatic N) is 3. The molecule has 0 aliphatic carbocycles. The Labute approximate surface area is 391 Å². The number of rotatable bonds is 25. The molecule has 356 valence electrons. The fourth-order valence-corrected chi connectivity index (χ4v) is 7.91. The third-order valence-corrected chi connectivity index (χ3v) is 12.8. The third-order valence-electron chi connectivity index (χ3n) is 12.8. The van der Waals surface area contributed by atoms with E-state index in [1.54, 1.807) is 51.6 Å². The Kier molecular flexibility index (Phi) is 18.1. The zero-order valence-electron chi connectivity index (χ0n) is 40.9. The molecule has 1 unspecified atom stereocenters. The highest BCUT2D eigenvalue weighted by atomic mass is 16.5. The minimum absolute atomic E-state index is 0.106. The lowest BCUT2D eigenvalue weighted by atomic mass is 9.87. The van der Waals surface area contributed by atoms with Gasteiger partial charge in [-0.1, -0.05) is 58.9 Å². The monoisotopic (exact) mass is 906 g/mol. The lowest BCUT2D eigenvalue weighted by molar-refractivity contribution is -0.140. The van der Waals surface area contributed by atoms with Crippen molar-refractivity contribution in [3.63, 3.8) is 0 Å². The number of methoxy groups -OCH3 is 3. The number of benzene rings is 4. The van der Waals surface area contributed by atoms with Gasteiger partial charge in [-0.2, -0.15) is 0 Å². The summed E-state index contributed by atoms with van der Waals surface area (Å²) in [5, 5.41) is 12.7. The topological polar surface area (TPSA) is 129 Å². The maximum Gasteiger partial charge on any atom is 0.305 e. The van der Waals surface area contributed by atoms with Crippen LogP contribution in [0.5, 0.6) is 23.0 Å². The number of aliphatic hydroxyl groups is 1. The molecule has 66 heavy (non-hydrogen) atoms. The number of ether oxygens (including phenoxy) is 6. The van der Waals surface area contributed by atoms with Crippen LogP contribution in [0, 0.1) is 5.41 Å². The number of para-hydroxylation sites is 1. The SMILES string of the molecule is C=c1cc(OCc2cc(COc3cc(N=CC)c(C(C)=O)cc3OC)cc(N(CCCC(=O)OC)CCC(C)(CC)OCCC(C)(C)CC)c2)c(OC)cc1=C(O)N1CCc2ccccc21. The number of carbonyl (C=O) groups is 2. The number of carbonyl (C=O) groups excluding carboxylic acids is 2. The highest BCUT2D eigenvalue weighted by Gasteiger charge is 2.27. The van der Waals surface area contributed by atoms with Crippen molar-refractivity contribution in [1.29, 1.82) is 0 Å². The minimum atomic E-state index is -0.364. The number of hydrogen-bond acceptors (Lipinski definition) is 12. The normalized spacial score (nSPS) is 13.8. The molecule has 1 N–H and O–H groups in total. The van der Waals surface area contributed by atoms with E-state index in [9.17, 15) is 14.7 Å². The first-order chi connectivity index (χ1) is 31.6. The number of ketones is 1. The van der Waals surface area contributed by atoms with Crippen LogP contribution < -0.4 is 39.2 Å². The highest BCUT2D eigenvalue weighted by Crippen LogP contribution is 2.37. The quantitative estimate of drug-likeness (QED) is 0.0388. The van der Waals surface area contributed by atoms with E-state index in [0.29, 0.717) is 77.3 Å². The first-order valence-corrected chi connectivity index (χ1v) is 23.1. The average Bonchev–Trinajstić information content (AvgIpc) is 3.75. The van der Waals surface area contributed by atoms with Crippen LogP contribution >= 0.6 is 0 Å². The summed E-state index contributed by atoms with van der Waals surface area (Å²) in [5.41, 5.74) is 5.53. The van der Waals surface area contributed by atoms with E-state index in [0.717, 1.165) is 54.6 Å². The van der Waals surface area contributed by atoms with E-state index in [2.05, 4.69) is 69.3 Å². The predicted molar refractivity (Wildman–Crippen MR) is 265 cm³/mol. The fourth-order valence-electron chi connectivity index (χ4n) is 7.91. The second-order valence-electron chi connectivity index (χ2n) is 17.9. The predicted octanol–water partition coefficient (Wildman–Crippen LogP) is 10.0. The Morgan fingerprint density at radius 2 is 1.53 bits per heavy atom. The van der Waals surface area contributed by atoms with Gasteiger partial charge in [0.05, 0.1) is 32.6 Å². The largest absolute Gasteiger partial charge is 0.494 e. The third kappa shape index (κ3) is 13.3. The number of aliphatic hydroxyl groups excluding tert-OH is 1. The highest BCUT2D eigenvalue weighted by molar-refractivity contribution is 6.00. The molecule has 0 bridgehead atoms. The van der Waals surface area contributed by atoms with Crippen molar-refractivity contribution in [2.45, 2.75) is 112 Å². The second kappa shape index (κ2) is 23.4. The summed E-state index contributed by atoms with van der Waals surface area (Å²) in [6.45, 7) is 21.6. The Hall–Kier alpha value is -6.01. The number of esters is 1. The van der Waals surface area contributed by atoms with Crippen molar-refractivity contribution >= 4 is 47.5 Å². The van der Waals surface area contributed by atoms with Gasteiger partial charge < -0.3 is 43.3 Å². The van der Waals surface area contributed by atoms with E-state index in [4.69, 9.17) is 28.4 Å². The van der Waals surface area contributed by atoms with Crippen molar-refractivity contribution in [2.24, 2.45) is 10.4 Å². The smallest absolute Gasteiger partial charge is 0.305 e. The molecule has 0 fully saturated rings. The molecule has 1 aliphatic rings. The average molecular weight is 906 g/mol. The lowest BCUT2D eigenvalue weighted by Crippen LogP contribution is -2.36. The summed E-state index contributed by atoms with van der Waals surface area (Å²) in [6.07, 6.45) is 6.96. The molecule has 4 aromatic rings. The van der Waals surface area contributed by atoms with Crippen LogP contribution in [0.1, 0.15) is 114 Å². The van der Waals surface area contributed by atoms with Gasteiger partial charge in [0.2, 0.25) is 0 Å². The van der Waals surface area contributed by atoms with Gasteiger partial charge in [0.1, 0.15) is 13.2 Å². The summed E-state index contributed by atoms with van der Waals surface area (Å²) in [5.74, 6) is 1.49. The zero-order chi connectivity index (χ0) is 48.0. The molecule has 0 spiro atoms. The van der Waals surface area contributed by atoms with E-state index in [1.807, 2.05) is 29.2 Å². The van der Waals surface area contributed by atoms with Gasteiger partial charge in [0, 0.05) is 67.1 Å². The number of hydrogen-bond donors (Lipinski definition) is 1. The van der Waals surface area contributed by atoms with Crippen molar-refractivity contribution in [3.8, 4) is 23.0 Å². The molecule has 4 aromatic carbocycles. The summed E-state index contributed by atoms with van der Waals surface area (Å²) in [7, 11) is 4.53. The van der Waals surface area contributed by atoms with Crippen LogP contribution in [-0.4, -0.2) is 76.2 Å². The van der Waals surface area contributed by atoms with E-state index in [-0.39, 0.29) is 48.3 Å². The Bertz CT molecular complexity index is 2450. The molecular formula is C54H71N3O9. The van der Waals surface area contributed by atoms with Gasteiger partial charge in [0.15, 0.2) is 34.7 Å². The first kappa shape index (κ1) is 51.0. The standard InChI is InChI=1S/C54H71N3O9/c1-12-53(6,7)23-27-66-54(8,13-2)22-26-56(24-17-20-51(59)63-11)42-30-39(29-40(31-42)36-65-50-34-45(55-14-3)44(38(5)58)33-48(50)62-10)35-64-49-28-37(4)43(32-47(49)61-9)52(60)57-25-21-41-18-15-16-19-46(41)57/h14-16,18-19,28-34,60H,4,12-13,17,20-27,35-36H2,1-3,5-11H3. The van der Waals surface area contributed by atoms with Crippen LogP contribution in [0.3, 0.4) is 0 Å². The van der Waals surface area contributed by atoms with E-state index >= 15 is 0 Å². The molecule has 12 nitrogen and oxygen atoms in total. The molecule has 1 heterocycles. The van der Waals surface area contributed by atoms with Crippen LogP contribution in [-0.2, 0) is 33.9 Å². The molecule has 0 saturated carbocycles. The van der Waals surface area contributed by atoms with E-state index in [1.165, 1.54) is 19.6 Å². The molecule has 0 radical (unpaired) electrons. The molecule has 0 aromatic heterocycles. The number of anilines is 2. The van der Waals surface area contributed by atoms with Gasteiger partial charge in [0.25, 0.3) is 0 Å². The fraction of sp³-hybridized carbons (Fsp3) is 0.463. The maximum absolute atomic E-state index is 12.5. The Morgan fingerprint density at radius 3 is 2.15 bits per heavy atom. The lowest BCUT2D eigenvalue weighted by Gasteiger charge is -2.34. The van der Waals surface area contributed by atoms with Crippen LogP contribution in [0.2, 0.25) is 0 Å². The van der Waals surface area contributed by atoms with Crippen LogP contribution in [0.25, 0.3) is 12.5 Å². The van der Waals surface area contributed by atoms with Crippen molar-refractivity contribution in [3.05, 3.63) is 99.4 Å². The van der Waals surface area contributed by atoms with Gasteiger partial charge in [-0.25, -0.2) is 0 Å². The minimum Gasteiger partial charge on any atom is -0.494 e. The summed E-state index contributed by atoms with van der Waals surface area (Å²) >= 11 is 0. The van der Waals surface area contributed by atoms with Gasteiger partial charge in [-0.15, -0.1) is 0 Å². The number of aliphatic imine (C=N–C) groups is 1. The molecule has 1 atom stereocenters. The molecule has 0 saturated heterocycles. The van der Waals surface area contributed by atoms with Crippen molar-refractivity contribution < 1.29 is 43.1 Å². The Balaban J connectivity index is 1.51. The Morgan fingerprint density at radius 1 is 0.864 bits per heavy atom.